The van der Waals surface area contributed by atoms with Crippen molar-refractivity contribution in [3.05, 3.63) is 59.9 Å². The molecule has 1 aliphatic heterocycles. The summed E-state index contributed by atoms with van der Waals surface area (Å²) < 4.78 is 30.1. The number of pyridine rings is 1. The van der Waals surface area contributed by atoms with Crippen LogP contribution in [0.1, 0.15) is 23.2 Å². The average molecular weight is 434 g/mol. The molecule has 2 aromatic heterocycles. The third-order valence-electron chi connectivity index (χ3n) is 5.97. The number of benzene rings is 2. The number of furan rings is 1. The third kappa shape index (κ3) is 3.58. The fourth-order valence-corrected chi connectivity index (χ4v) is 4.46. The van der Waals surface area contributed by atoms with Crippen LogP contribution in [0.15, 0.2) is 52.9 Å². The van der Waals surface area contributed by atoms with Gasteiger partial charge in [0.25, 0.3) is 0 Å². The van der Waals surface area contributed by atoms with Crippen LogP contribution >= 0.6 is 0 Å². The highest BCUT2D eigenvalue weighted by atomic mass is 19.1. The Balaban J connectivity index is 1.71. The van der Waals surface area contributed by atoms with Crippen LogP contribution in [0.25, 0.3) is 33.3 Å². The minimum absolute atomic E-state index is 0.212. The zero-order chi connectivity index (χ0) is 22.2. The van der Waals surface area contributed by atoms with Crippen LogP contribution in [0.2, 0.25) is 0 Å². The number of ether oxygens (including phenoxy) is 2. The molecule has 6 nitrogen and oxygen atoms in total. The van der Waals surface area contributed by atoms with Gasteiger partial charge < -0.3 is 18.8 Å². The molecule has 2 aromatic carbocycles. The number of carbonyl (C=O) groups is 1. The molecule has 7 heteroatoms. The van der Waals surface area contributed by atoms with E-state index in [0.29, 0.717) is 34.6 Å². The molecule has 4 aromatic rings. The number of halogens is 1. The van der Waals surface area contributed by atoms with Gasteiger partial charge in [0.15, 0.2) is 5.76 Å². The maximum atomic E-state index is 13.7. The Morgan fingerprint density at radius 2 is 2.03 bits per heavy atom. The number of rotatable bonds is 5. The molecule has 164 valence electrons. The predicted molar refractivity (Wildman–Crippen MR) is 120 cm³/mol. The SMILES string of the molecule is COC[C@H]1CCCN1c1cc2cc(C(=O)OC)ccc2nc1-c1cc2cc(F)ccc2o1. The molecule has 1 saturated heterocycles. The smallest absolute Gasteiger partial charge is 0.337 e. The molecular weight excluding hydrogens is 411 g/mol. The zero-order valence-corrected chi connectivity index (χ0v) is 17.9. The van der Waals surface area contributed by atoms with Gasteiger partial charge in [0, 0.05) is 24.4 Å². The van der Waals surface area contributed by atoms with Crippen molar-refractivity contribution < 1.29 is 23.1 Å². The highest BCUT2D eigenvalue weighted by molar-refractivity contribution is 5.97. The lowest BCUT2D eigenvalue weighted by molar-refractivity contribution is 0.0601. The number of methoxy groups -OCH3 is 2. The van der Waals surface area contributed by atoms with E-state index in [-0.39, 0.29) is 11.9 Å². The van der Waals surface area contributed by atoms with Crippen molar-refractivity contribution in [3.63, 3.8) is 0 Å². The lowest BCUT2D eigenvalue weighted by Gasteiger charge is -2.28. The summed E-state index contributed by atoms with van der Waals surface area (Å²) in [6.45, 7) is 1.46. The van der Waals surface area contributed by atoms with Crippen molar-refractivity contribution in [1.29, 1.82) is 0 Å². The number of anilines is 1. The second kappa shape index (κ2) is 8.24. The van der Waals surface area contributed by atoms with Crippen molar-refractivity contribution in [2.24, 2.45) is 0 Å². The van der Waals surface area contributed by atoms with Gasteiger partial charge in [-0.25, -0.2) is 14.2 Å². The summed E-state index contributed by atoms with van der Waals surface area (Å²) in [4.78, 5) is 19.2. The fraction of sp³-hybridized carbons (Fsp3) is 0.280. The molecule has 32 heavy (non-hydrogen) atoms. The minimum atomic E-state index is -0.393. The fourth-order valence-electron chi connectivity index (χ4n) is 4.46. The maximum Gasteiger partial charge on any atom is 0.337 e. The van der Waals surface area contributed by atoms with Gasteiger partial charge in [0.2, 0.25) is 0 Å². The van der Waals surface area contributed by atoms with Crippen LogP contribution < -0.4 is 4.90 Å². The van der Waals surface area contributed by atoms with E-state index in [1.165, 1.54) is 19.2 Å². The lowest BCUT2D eigenvalue weighted by Crippen LogP contribution is -2.33. The minimum Gasteiger partial charge on any atom is -0.465 e. The molecule has 0 N–H and O–H groups in total. The molecule has 1 atom stereocenters. The normalized spacial score (nSPS) is 16.2. The Labute approximate surface area is 184 Å². The molecule has 0 saturated carbocycles. The van der Waals surface area contributed by atoms with Crippen molar-refractivity contribution in [1.82, 2.24) is 4.98 Å². The monoisotopic (exact) mass is 434 g/mol. The van der Waals surface area contributed by atoms with Crippen LogP contribution in [0.5, 0.6) is 0 Å². The summed E-state index contributed by atoms with van der Waals surface area (Å²) in [5, 5.41) is 1.51. The highest BCUT2D eigenvalue weighted by Gasteiger charge is 2.29. The van der Waals surface area contributed by atoms with Gasteiger partial charge in [0.05, 0.1) is 36.5 Å². The van der Waals surface area contributed by atoms with Crippen LogP contribution in [-0.4, -0.2) is 44.4 Å². The van der Waals surface area contributed by atoms with Crippen molar-refractivity contribution in [2.75, 3.05) is 32.3 Å². The third-order valence-corrected chi connectivity index (χ3v) is 5.97. The second-order valence-electron chi connectivity index (χ2n) is 7.99. The summed E-state index contributed by atoms with van der Waals surface area (Å²) in [7, 11) is 3.07. The van der Waals surface area contributed by atoms with Gasteiger partial charge in [-0.3, -0.25) is 0 Å². The molecule has 0 spiro atoms. The van der Waals surface area contributed by atoms with Gasteiger partial charge in [0.1, 0.15) is 17.1 Å². The Morgan fingerprint density at radius 3 is 2.84 bits per heavy atom. The molecule has 3 heterocycles. The molecule has 0 aliphatic carbocycles. The number of fused-ring (bicyclic) bond motifs is 2. The summed E-state index contributed by atoms with van der Waals surface area (Å²) in [5.41, 5.74) is 3.38. The van der Waals surface area contributed by atoms with Gasteiger partial charge in [-0.15, -0.1) is 0 Å². The van der Waals surface area contributed by atoms with Crippen LogP contribution in [-0.2, 0) is 9.47 Å². The van der Waals surface area contributed by atoms with Crippen LogP contribution in [0, 0.1) is 5.82 Å². The Hall–Kier alpha value is -3.45. The number of carbonyl (C=O) groups excluding carboxylic acids is 1. The first kappa shape index (κ1) is 20.5. The Morgan fingerprint density at radius 1 is 1.16 bits per heavy atom. The molecule has 0 amide bonds. The standard InChI is InChI=1S/C25H23FN2O4/c1-30-14-19-4-3-9-28(19)21-12-16-10-15(25(29)31-2)5-7-20(16)27-24(21)23-13-17-11-18(26)6-8-22(17)32-23/h5-8,10-13,19H,3-4,9,14H2,1-2H3/t19-/m1/s1. The summed E-state index contributed by atoms with van der Waals surface area (Å²) in [6, 6.07) is 13.8. The van der Waals surface area contributed by atoms with E-state index >= 15 is 0 Å². The van der Waals surface area contributed by atoms with Gasteiger partial charge in [-0.1, -0.05) is 0 Å². The van der Waals surface area contributed by atoms with E-state index in [1.54, 1.807) is 31.4 Å². The summed E-state index contributed by atoms with van der Waals surface area (Å²) >= 11 is 0. The molecular formula is C25H23FN2O4. The number of nitrogens with zero attached hydrogens (tertiary/aromatic N) is 2. The molecule has 5 rings (SSSR count). The summed E-state index contributed by atoms with van der Waals surface area (Å²) in [5.74, 6) is -0.135. The second-order valence-corrected chi connectivity index (χ2v) is 7.99. The van der Waals surface area contributed by atoms with Gasteiger partial charge in [-0.2, -0.15) is 0 Å². The highest BCUT2D eigenvalue weighted by Crippen LogP contribution is 2.38. The van der Waals surface area contributed by atoms with E-state index in [4.69, 9.17) is 18.9 Å². The van der Waals surface area contributed by atoms with E-state index in [2.05, 4.69) is 4.90 Å². The molecule has 1 aliphatic rings. The molecule has 1 fully saturated rings. The van der Waals surface area contributed by atoms with Crippen LogP contribution in [0.4, 0.5) is 10.1 Å². The first-order valence-corrected chi connectivity index (χ1v) is 10.6. The first-order valence-electron chi connectivity index (χ1n) is 10.6. The Kier molecular flexibility index (Phi) is 5.27. The van der Waals surface area contributed by atoms with Crippen molar-refractivity contribution in [3.8, 4) is 11.5 Å². The van der Waals surface area contributed by atoms with Gasteiger partial charge in [-0.05, 0) is 61.4 Å². The van der Waals surface area contributed by atoms with Crippen molar-refractivity contribution in [2.45, 2.75) is 18.9 Å². The Bertz CT molecular complexity index is 1320. The average Bonchev–Trinajstić information content (AvgIpc) is 3.44. The van der Waals surface area contributed by atoms with E-state index in [0.717, 1.165) is 36.0 Å². The topological polar surface area (TPSA) is 64.8 Å². The lowest BCUT2D eigenvalue weighted by atomic mass is 10.1. The van der Waals surface area contributed by atoms with E-state index in [9.17, 15) is 9.18 Å². The quantitative estimate of drug-likeness (QED) is 0.403. The molecule has 0 radical (unpaired) electrons. The number of esters is 1. The predicted octanol–water partition coefficient (Wildman–Crippen LogP) is 5.19. The maximum absolute atomic E-state index is 13.7. The van der Waals surface area contributed by atoms with Crippen LogP contribution in [0.3, 0.4) is 0 Å². The molecule has 0 unspecified atom stereocenters. The van der Waals surface area contributed by atoms with E-state index in [1.807, 2.05) is 12.1 Å². The van der Waals surface area contributed by atoms with Gasteiger partial charge >= 0.3 is 5.97 Å². The number of hydrogen-bond donors (Lipinski definition) is 0. The molecule has 0 bridgehead atoms. The number of aromatic nitrogens is 1. The number of hydrogen-bond acceptors (Lipinski definition) is 6. The van der Waals surface area contributed by atoms with E-state index < -0.39 is 5.97 Å². The van der Waals surface area contributed by atoms with Crippen molar-refractivity contribution >= 4 is 33.5 Å². The largest absolute Gasteiger partial charge is 0.465 e. The first-order chi connectivity index (χ1) is 15.6. The zero-order valence-electron chi connectivity index (χ0n) is 17.9. The summed E-state index contributed by atoms with van der Waals surface area (Å²) in [6.07, 6.45) is 2.05.